The zero-order valence-electron chi connectivity index (χ0n) is 17.0. The first-order valence-corrected chi connectivity index (χ1v) is 10.3. The summed E-state index contributed by atoms with van der Waals surface area (Å²) in [6.07, 6.45) is 4.11. The van der Waals surface area contributed by atoms with Crippen LogP contribution < -0.4 is 0 Å². The van der Waals surface area contributed by atoms with Gasteiger partial charge in [-0.1, -0.05) is 78.9 Å². The Kier molecular flexibility index (Phi) is 4.78. The second kappa shape index (κ2) is 7.74. The van der Waals surface area contributed by atoms with Crippen LogP contribution in [0.5, 0.6) is 0 Å². The molecule has 1 fully saturated rings. The van der Waals surface area contributed by atoms with E-state index in [-0.39, 0.29) is 5.78 Å². The molecule has 1 heterocycles. The van der Waals surface area contributed by atoms with E-state index in [9.17, 15) is 4.79 Å². The maximum atomic E-state index is 13.3. The van der Waals surface area contributed by atoms with Crippen LogP contribution in [-0.2, 0) is 4.79 Å². The quantitative estimate of drug-likeness (QED) is 0.393. The van der Waals surface area contributed by atoms with Crippen molar-refractivity contribution in [2.24, 2.45) is 0 Å². The highest BCUT2D eigenvalue weighted by molar-refractivity contribution is 6.15. The summed E-state index contributed by atoms with van der Waals surface area (Å²) in [5.74, 6) is 0.147. The van der Waals surface area contributed by atoms with Gasteiger partial charge in [-0.3, -0.25) is 9.69 Å². The standard InChI is InChI=1S/C28H23NO/c1-29-18-25(16-20-13-14-21-7-2-3-9-23(21)15-20)28(30)26(19-29)17-24-11-6-10-22-8-4-5-12-27(22)24/h2-17H,18-19H2,1H3/b25-16+,26-17-. The third kappa shape index (κ3) is 3.58. The molecule has 0 atom stereocenters. The smallest absolute Gasteiger partial charge is 0.187 e. The number of rotatable bonds is 2. The van der Waals surface area contributed by atoms with Crippen molar-refractivity contribution in [3.63, 3.8) is 0 Å². The highest BCUT2D eigenvalue weighted by Crippen LogP contribution is 2.26. The zero-order valence-corrected chi connectivity index (χ0v) is 17.0. The second-order valence-electron chi connectivity index (χ2n) is 8.02. The van der Waals surface area contributed by atoms with E-state index >= 15 is 0 Å². The van der Waals surface area contributed by atoms with Gasteiger partial charge in [0.25, 0.3) is 0 Å². The number of hydrogen-bond acceptors (Lipinski definition) is 2. The Morgan fingerprint density at radius 3 is 2.20 bits per heavy atom. The number of nitrogens with zero attached hydrogens (tertiary/aromatic N) is 1. The summed E-state index contributed by atoms with van der Waals surface area (Å²) in [7, 11) is 2.07. The highest BCUT2D eigenvalue weighted by Gasteiger charge is 2.24. The highest BCUT2D eigenvalue weighted by atomic mass is 16.1. The van der Waals surface area contributed by atoms with E-state index in [0.717, 1.165) is 22.3 Å². The Balaban J connectivity index is 1.54. The molecular formula is C28H23NO. The largest absolute Gasteiger partial charge is 0.298 e. The number of ketones is 1. The molecule has 1 saturated heterocycles. The number of likely N-dealkylation sites (tertiary alicyclic amines) is 1. The lowest BCUT2D eigenvalue weighted by Gasteiger charge is -2.26. The molecule has 0 radical (unpaired) electrons. The molecule has 0 bridgehead atoms. The minimum absolute atomic E-state index is 0.147. The molecule has 5 rings (SSSR count). The first-order chi connectivity index (χ1) is 14.7. The Hall–Kier alpha value is -3.49. The Morgan fingerprint density at radius 1 is 0.700 bits per heavy atom. The number of carbonyl (C=O) groups excluding carboxylic acids is 1. The van der Waals surface area contributed by atoms with Crippen molar-refractivity contribution in [3.05, 3.63) is 107 Å². The molecule has 30 heavy (non-hydrogen) atoms. The lowest BCUT2D eigenvalue weighted by Crippen LogP contribution is -2.34. The van der Waals surface area contributed by atoms with Gasteiger partial charge >= 0.3 is 0 Å². The summed E-state index contributed by atoms with van der Waals surface area (Å²) in [5, 5.41) is 4.77. The van der Waals surface area contributed by atoms with Crippen LogP contribution in [-0.4, -0.2) is 30.8 Å². The van der Waals surface area contributed by atoms with Crippen LogP contribution in [0, 0.1) is 0 Å². The molecule has 4 aromatic carbocycles. The van der Waals surface area contributed by atoms with E-state index in [4.69, 9.17) is 0 Å². The summed E-state index contributed by atoms with van der Waals surface area (Å²) >= 11 is 0. The van der Waals surface area contributed by atoms with E-state index in [1.165, 1.54) is 21.5 Å². The fourth-order valence-corrected chi connectivity index (χ4v) is 4.27. The third-order valence-corrected chi connectivity index (χ3v) is 5.73. The van der Waals surface area contributed by atoms with Gasteiger partial charge in [-0.2, -0.15) is 0 Å². The predicted molar refractivity (Wildman–Crippen MR) is 126 cm³/mol. The fraction of sp³-hybridized carbons (Fsp3) is 0.107. The lowest BCUT2D eigenvalue weighted by molar-refractivity contribution is -0.113. The number of piperidine rings is 1. The van der Waals surface area contributed by atoms with Gasteiger partial charge in [-0.25, -0.2) is 0 Å². The molecular weight excluding hydrogens is 366 g/mol. The monoisotopic (exact) mass is 389 g/mol. The molecule has 0 aliphatic carbocycles. The molecule has 0 N–H and O–H groups in total. The maximum absolute atomic E-state index is 13.3. The molecule has 1 aliphatic heterocycles. The van der Waals surface area contributed by atoms with E-state index in [1.54, 1.807) is 0 Å². The van der Waals surface area contributed by atoms with Gasteiger partial charge < -0.3 is 0 Å². The number of fused-ring (bicyclic) bond motifs is 2. The molecule has 0 saturated carbocycles. The fourth-order valence-electron chi connectivity index (χ4n) is 4.27. The molecule has 0 unspecified atom stereocenters. The lowest BCUT2D eigenvalue weighted by atomic mass is 9.93. The molecule has 2 nitrogen and oxygen atoms in total. The average molecular weight is 389 g/mol. The summed E-state index contributed by atoms with van der Waals surface area (Å²) in [6, 6.07) is 29.2. The minimum Gasteiger partial charge on any atom is -0.298 e. The van der Waals surface area contributed by atoms with E-state index in [2.05, 4.69) is 78.7 Å². The summed E-state index contributed by atoms with van der Waals surface area (Å²) in [4.78, 5) is 15.5. The minimum atomic E-state index is 0.147. The van der Waals surface area contributed by atoms with Crippen LogP contribution in [0.15, 0.2) is 96.1 Å². The van der Waals surface area contributed by atoms with Gasteiger partial charge in [0.1, 0.15) is 0 Å². The second-order valence-corrected chi connectivity index (χ2v) is 8.02. The van der Waals surface area contributed by atoms with Crippen LogP contribution in [0.4, 0.5) is 0 Å². The van der Waals surface area contributed by atoms with Crippen molar-refractivity contribution in [2.45, 2.75) is 0 Å². The van der Waals surface area contributed by atoms with Gasteiger partial charge in [0, 0.05) is 24.2 Å². The van der Waals surface area contributed by atoms with Crippen LogP contribution >= 0.6 is 0 Å². The maximum Gasteiger partial charge on any atom is 0.187 e. The van der Waals surface area contributed by atoms with Crippen LogP contribution in [0.1, 0.15) is 11.1 Å². The van der Waals surface area contributed by atoms with Crippen LogP contribution in [0.2, 0.25) is 0 Å². The number of Topliss-reactive ketones (excluding diaryl/α,β-unsaturated/α-hetero) is 1. The molecule has 0 spiro atoms. The van der Waals surface area contributed by atoms with Crippen molar-refractivity contribution in [2.75, 3.05) is 20.1 Å². The Labute approximate surface area is 176 Å². The third-order valence-electron chi connectivity index (χ3n) is 5.73. The van der Waals surface area contributed by atoms with E-state index in [1.807, 2.05) is 30.3 Å². The number of hydrogen-bond donors (Lipinski definition) is 0. The van der Waals surface area contributed by atoms with Gasteiger partial charge in [-0.15, -0.1) is 0 Å². The van der Waals surface area contributed by atoms with Crippen LogP contribution in [0.3, 0.4) is 0 Å². The van der Waals surface area contributed by atoms with Crippen molar-refractivity contribution >= 4 is 39.5 Å². The summed E-state index contributed by atoms with van der Waals surface area (Å²) < 4.78 is 0. The Bertz CT molecular complexity index is 1320. The Morgan fingerprint density at radius 2 is 1.37 bits per heavy atom. The molecule has 4 aromatic rings. The molecule has 0 amide bonds. The molecule has 146 valence electrons. The van der Waals surface area contributed by atoms with Crippen LogP contribution in [0.25, 0.3) is 33.7 Å². The summed E-state index contributed by atoms with van der Waals surface area (Å²) in [5.41, 5.74) is 3.84. The molecule has 1 aliphatic rings. The number of benzene rings is 4. The predicted octanol–water partition coefficient (Wildman–Crippen LogP) is 5.97. The molecule has 2 heteroatoms. The van der Waals surface area contributed by atoms with Crippen molar-refractivity contribution in [1.82, 2.24) is 4.90 Å². The SMILES string of the molecule is CN1C/C(=C/c2cccc3ccccc23)C(=O)/C(=C/c2ccc3ccccc3c2)C1. The normalized spacial score (nSPS) is 18.0. The number of carbonyl (C=O) groups is 1. The van der Waals surface area contributed by atoms with E-state index < -0.39 is 0 Å². The van der Waals surface area contributed by atoms with Crippen molar-refractivity contribution in [3.8, 4) is 0 Å². The van der Waals surface area contributed by atoms with Crippen molar-refractivity contribution < 1.29 is 4.79 Å². The molecule has 0 aromatic heterocycles. The van der Waals surface area contributed by atoms with Gasteiger partial charge in [0.05, 0.1) is 0 Å². The first kappa shape index (κ1) is 18.5. The van der Waals surface area contributed by atoms with Gasteiger partial charge in [0.15, 0.2) is 5.78 Å². The first-order valence-electron chi connectivity index (χ1n) is 10.3. The number of likely N-dealkylation sites (N-methyl/N-ethyl adjacent to an activating group) is 1. The van der Waals surface area contributed by atoms with Gasteiger partial charge in [-0.05, 0) is 57.9 Å². The average Bonchev–Trinajstić information content (AvgIpc) is 2.77. The van der Waals surface area contributed by atoms with Gasteiger partial charge in [0.2, 0.25) is 0 Å². The topological polar surface area (TPSA) is 20.3 Å². The van der Waals surface area contributed by atoms with E-state index in [0.29, 0.717) is 13.1 Å². The zero-order chi connectivity index (χ0) is 20.5. The summed E-state index contributed by atoms with van der Waals surface area (Å²) in [6.45, 7) is 1.33. The van der Waals surface area contributed by atoms with Crippen molar-refractivity contribution in [1.29, 1.82) is 0 Å².